The Hall–Kier alpha value is -2.85. The van der Waals surface area contributed by atoms with Crippen molar-refractivity contribution in [3.8, 4) is 17.9 Å². The van der Waals surface area contributed by atoms with Crippen LogP contribution >= 0.6 is 0 Å². The molecule has 0 aliphatic carbocycles. The molecule has 88 valence electrons. The van der Waals surface area contributed by atoms with Crippen molar-refractivity contribution >= 4 is 12.0 Å². The van der Waals surface area contributed by atoms with Gasteiger partial charge in [0, 0.05) is 6.08 Å². The van der Waals surface area contributed by atoms with Gasteiger partial charge in [0.2, 0.25) is 0 Å². The molecule has 0 unspecified atom stereocenters. The van der Waals surface area contributed by atoms with Crippen LogP contribution < -0.4 is 4.74 Å². The highest BCUT2D eigenvalue weighted by Crippen LogP contribution is 2.21. The van der Waals surface area contributed by atoms with Gasteiger partial charge in [-0.05, 0) is 30.2 Å². The molecular formula is C14H10N2O2. The molecule has 0 bridgehead atoms. The van der Waals surface area contributed by atoms with Gasteiger partial charge in [0.05, 0.1) is 0 Å². The van der Waals surface area contributed by atoms with Crippen LogP contribution in [0, 0.1) is 29.6 Å². The molecular weight excluding hydrogens is 228 g/mol. The maximum atomic E-state index is 11.1. The molecule has 0 aliphatic rings. The molecule has 0 amide bonds. The second-order valence-corrected chi connectivity index (χ2v) is 3.43. The zero-order valence-corrected chi connectivity index (χ0v) is 9.80. The van der Waals surface area contributed by atoms with Crippen molar-refractivity contribution in [1.82, 2.24) is 0 Å². The predicted molar refractivity (Wildman–Crippen MR) is 66.2 cm³/mol. The highest BCUT2D eigenvalue weighted by molar-refractivity contribution is 5.83. The molecule has 0 saturated carbocycles. The lowest BCUT2D eigenvalue weighted by atomic mass is 10.1. The summed E-state index contributed by atoms with van der Waals surface area (Å²) in [4.78, 5) is 11.1. The van der Waals surface area contributed by atoms with Gasteiger partial charge < -0.3 is 4.74 Å². The Morgan fingerprint density at radius 1 is 1.39 bits per heavy atom. The fraction of sp³-hybridized carbons (Fsp3) is 0.0714. The van der Waals surface area contributed by atoms with E-state index in [0.717, 1.165) is 11.6 Å². The van der Waals surface area contributed by atoms with Crippen LogP contribution in [0.2, 0.25) is 0 Å². The Bertz CT molecular complexity index is 585. The standard InChI is InChI=1S/C14H10N2O2/c1-3-14(17)18-13-7-11(5-4-10(13)2)6-12(8-15)9-16/h3-7H,1H2,2H3. The van der Waals surface area contributed by atoms with Crippen LogP contribution in [0.25, 0.3) is 6.08 Å². The van der Waals surface area contributed by atoms with Crippen LogP contribution in [0.3, 0.4) is 0 Å². The quantitative estimate of drug-likeness (QED) is 0.351. The lowest BCUT2D eigenvalue weighted by Crippen LogP contribution is -2.04. The van der Waals surface area contributed by atoms with E-state index in [0.29, 0.717) is 11.3 Å². The lowest BCUT2D eigenvalue weighted by Gasteiger charge is -2.06. The van der Waals surface area contributed by atoms with E-state index in [2.05, 4.69) is 6.58 Å². The van der Waals surface area contributed by atoms with Crippen LogP contribution in [0.1, 0.15) is 11.1 Å². The predicted octanol–water partition coefficient (Wildman–Crippen LogP) is 2.52. The topological polar surface area (TPSA) is 73.9 Å². The Kier molecular flexibility index (Phi) is 4.42. The molecule has 0 aliphatic heterocycles. The summed E-state index contributed by atoms with van der Waals surface area (Å²) in [5.74, 6) is -0.177. The first-order chi connectivity index (χ1) is 8.60. The fourth-order valence-electron chi connectivity index (χ4n) is 1.22. The lowest BCUT2D eigenvalue weighted by molar-refractivity contribution is -0.129. The molecule has 1 aromatic carbocycles. The van der Waals surface area contributed by atoms with Gasteiger partial charge in [-0.1, -0.05) is 18.7 Å². The van der Waals surface area contributed by atoms with Gasteiger partial charge in [-0.15, -0.1) is 0 Å². The molecule has 0 heterocycles. The van der Waals surface area contributed by atoms with Crippen LogP contribution in [-0.4, -0.2) is 5.97 Å². The van der Waals surface area contributed by atoms with E-state index in [9.17, 15) is 4.79 Å². The highest BCUT2D eigenvalue weighted by atomic mass is 16.5. The summed E-state index contributed by atoms with van der Waals surface area (Å²) in [7, 11) is 0. The van der Waals surface area contributed by atoms with Crippen LogP contribution in [0.5, 0.6) is 5.75 Å². The second-order valence-electron chi connectivity index (χ2n) is 3.43. The SMILES string of the molecule is C=CC(=O)Oc1cc(C=C(C#N)C#N)ccc1C. The number of nitriles is 2. The largest absolute Gasteiger partial charge is 0.423 e. The third kappa shape index (κ3) is 3.33. The molecule has 4 nitrogen and oxygen atoms in total. The minimum atomic E-state index is -0.556. The molecule has 0 N–H and O–H groups in total. The van der Waals surface area contributed by atoms with E-state index in [-0.39, 0.29) is 5.57 Å². The molecule has 18 heavy (non-hydrogen) atoms. The van der Waals surface area contributed by atoms with Crippen LogP contribution in [0.15, 0.2) is 36.4 Å². The first kappa shape index (κ1) is 13.2. The van der Waals surface area contributed by atoms with Gasteiger partial charge in [-0.2, -0.15) is 10.5 Å². The summed E-state index contributed by atoms with van der Waals surface area (Å²) < 4.78 is 5.03. The van der Waals surface area contributed by atoms with Crippen LogP contribution in [0.4, 0.5) is 0 Å². The Morgan fingerprint density at radius 2 is 2.06 bits per heavy atom. The van der Waals surface area contributed by atoms with E-state index < -0.39 is 5.97 Å². The molecule has 0 atom stereocenters. The Morgan fingerprint density at radius 3 is 2.61 bits per heavy atom. The number of allylic oxidation sites excluding steroid dienone is 1. The Labute approximate surface area is 105 Å². The number of esters is 1. The molecule has 1 aromatic rings. The zero-order chi connectivity index (χ0) is 13.5. The third-order valence-electron chi connectivity index (χ3n) is 2.14. The first-order valence-corrected chi connectivity index (χ1v) is 5.07. The van der Waals surface area contributed by atoms with Crippen molar-refractivity contribution < 1.29 is 9.53 Å². The average Bonchev–Trinajstić information content (AvgIpc) is 2.39. The maximum Gasteiger partial charge on any atom is 0.335 e. The van der Waals surface area contributed by atoms with Gasteiger partial charge in [0.15, 0.2) is 0 Å². The van der Waals surface area contributed by atoms with Crippen molar-refractivity contribution in [3.63, 3.8) is 0 Å². The number of hydrogen-bond donors (Lipinski definition) is 0. The van der Waals surface area contributed by atoms with Crippen LogP contribution in [-0.2, 0) is 4.79 Å². The van der Waals surface area contributed by atoms with Gasteiger partial charge in [-0.25, -0.2) is 4.79 Å². The van der Waals surface area contributed by atoms with E-state index in [1.165, 1.54) is 6.08 Å². The monoisotopic (exact) mass is 238 g/mol. The maximum absolute atomic E-state index is 11.1. The molecule has 0 aromatic heterocycles. The van der Waals surface area contributed by atoms with Crippen molar-refractivity contribution in [3.05, 3.63) is 47.6 Å². The van der Waals surface area contributed by atoms with Gasteiger partial charge in [0.25, 0.3) is 0 Å². The molecule has 1 rings (SSSR count). The minimum Gasteiger partial charge on any atom is -0.423 e. The Balaban J connectivity index is 3.13. The molecule has 0 saturated heterocycles. The number of nitrogens with zero attached hydrogens (tertiary/aromatic N) is 2. The number of hydrogen-bond acceptors (Lipinski definition) is 4. The minimum absolute atomic E-state index is 0.0140. The number of benzene rings is 1. The third-order valence-corrected chi connectivity index (χ3v) is 2.14. The molecule has 0 spiro atoms. The van der Waals surface area contributed by atoms with E-state index in [1.807, 2.05) is 0 Å². The molecule has 0 fully saturated rings. The smallest absolute Gasteiger partial charge is 0.335 e. The van der Waals surface area contributed by atoms with Gasteiger partial charge in [0.1, 0.15) is 23.5 Å². The summed E-state index contributed by atoms with van der Waals surface area (Å²) in [6.07, 6.45) is 2.49. The van der Waals surface area contributed by atoms with Crippen molar-refractivity contribution in [2.75, 3.05) is 0 Å². The van der Waals surface area contributed by atoms with Gasteiger partial charge in [-0.3, -0.25) is 0 Å². The van der Waals surface area contributed by atoms with E-state index in [1.54, 1.807) is 37.3 Å². The van der Waals surface area contributed by atoms with Crippen molar-refractivity contribution in [2.45, 2.75) is 6.92 Å². The van der Waals surface area contributed by atoms with Crippen molar-refractivity contribution in [2.24, 2.45) is 0 Å². The van der Waals surface area contributed by atoms with Crippen molar-refractivity contribution in [1.29, 1.82) is 10.5 Å². The molecule has 0 radical (unpaired) electrons. The normalized spacial score (nSPS) is 8.61. The second kappa shape index (κ2) is 6.03. The molecule has 4 heteroatoms. The summed E-state index contributed by atoms with van der Waals surface area (Å²) >= 11 is 0. The van der Waals surface area contributed by atoms with E-state index >= 15 is 0 Å². The number of aryl methyl sites for hydroxylation is 1. The average molecular weight is 238 g/mol. The summed E-state index contributed by atoms with van der Waals surface area (Å²) in [6, 6.07) is 8.58. The number of ether oxygens (including phenoxy) is 1. The zero-order valence-electron chi connectivity index (χ0n) is 9.80. The fourth-order valence-corrected chi connectivity index (χ4v) is 1.22. The van der Waals surface area contributed by atoms with E-state index in [4.69, 9.17) is 15.3 Å². The number of carbonyl (C=O) groups excluding carboxylic acids is 1. The first-order valence-electron chi connectivity index (χ1n) is 5.07. The summed E-state index contributed by atoms with van der Waals surface area (Å²) in [6.45, 7) is 5.10. The summed E-state index contributed by atoms with van der Waals surface area (Å²) in [5.41, 5.74) is 1.38. The van der Waals surface area contributed by atoms with Gasteiger partial charge >= 0.3 is 5.97 Å². The number of rotatable bonds is 3. The number of carbonyl (C=O) groups is 1. The highest BCUT2D eigenvalue weighted by Gasteiger charge is 2.05. The summed E-state index contributed by atoms with van der Waals surface area (Å²) in [5, 5.41) is 17.3.